The lowest BCUT2D eigenvalue weighted by atomic mass is 10.2. The van der Waals surface area contributed by atoms with Gasteiger partial charge < -0.3 is 10.6 Å². The van der Waals surface area contributed by atoms with Gasteiger partial charge in [0.05, 0.1) is 10.6 Å². The summed E-state index contributed by atoms with van der Waals surface area (Å²) < 4.78 is 38.0. The number of sulfone groups is 1. The smallest absolute Gasteiger partial charge is 0.191 e. The quantitative estimate of drug-likeness (QED) is 0.575. The number of benzene rings is 2. The van der Waals surface area contributed by atoms with Crippen molar-refractivity contribution in [3.05, 3.63) is 66.0 Å². The van der Waals surface area contributed by atoms with Crippen molar-refractivity contribution in [2.24, 2.45) is 4.99 Å². The van der Waals surface area contributed by atoms with Crippen molar-refractivity contribution in [2.45, 2.75) is 30.8 Å². The lowest BCUT2D eigenvalue weighted by Crippen LogP contribution is -2.45. The second-order valence-corrected chi connectivity index (χ2v) is 7.93. The zero-order valence-corrected chi connectivity index (χ0v) is 15.8. The molecule has 0 aliphatic heterocycles. The van der Waals surface area contributed by atoms with E-state index in [1.54, 1.807) is 49.5 Å². The Morgan fingerprint density at radius 1 is 1.12 bits per heavy atom. The van der Waals surface area contributed by atoms with E-state index in [1.807, 2.05) is 6.92 Å². The third-order valence-corrected chi connectivity index (χ3v) is 5.78. The van der Waals surface area contributed by atoms with Crippen molar-refractivity contribution < 1.29 is 12.8 Å². The van der Waals surface area contributed by atoms with E-state index in [1.165, 1.54) is 12.1 Å². The summed E-state index contributed by atoms with van der Waals surface area (Å²) in [5.41, 5.74) is 0.902. The number of hydrogen-bond acceptors (Lipinski definition) is 3. The molecule has 0 heterocycles. The van der Waals surface area contributed by atoms with Gasteiger partial charge in [0, 0.05) is 19.6 Å². The molecule has 0 aromatic heterocycles. The highest BCUT2D eigenvalue weighted by Crippen LogP contribution is 2.12. The number of nitrogens with one attached hydrogen (secondary N) is 2. The van der Waals surface area contributed by atoms with E-state index < -0.39 is 9.84 Å². The maximum absolute atomic E-state index is 13.0. The molecule has 0 saturated heterocycles. The van der Waals surface area contributed by atoms with E-state index >= 15 is 0 Å². The van der Waals surface area contributed by atoms with Crippen LogP contribution >= 0.6 is 0 Å². The zero-order chi connectivity index (χ0) is 19.0. The molecule has 26 heavy (non-hydrogen) atoms. The molecule has 0 radical (unpaired) electrons. The van der Waals surface area contributed by atoms with Gasteiger partial charge in [0.25, 0.3) is 0 Å². The monoisotopic (exact) mass is 377 g/mol. The van der Waals surface area contributed by atoms with E-state index in [4.69, 9.17) is 0 Å². The molecule has 0 amide bonds. The van der Waals surface area contributed by atoms with Gasteiger partial charge in [0.2, 0.25) is 0 Å². The Balaban J connectivity index is 1.97. The number of halogens is 1. The van der Waals surface area contributed by atoms with Gasteiger partial charge in [-0.2, -0.15) is 0 Å². The third kappa shape index (κ3) is 5.84. The van der Waals surface area contributed by atoms with Crippen LogP contribution in [0.3, 0.4) is 0 Å². The maximum atomic E-state index is 13.0. The summed E-state index contributed by atoms with van der Waals surface area (Å²) in [6.07, 6.45) is 0.628. The standard InChI is InChI=1S/C19H24FN3O2S/c1-3-17(14-26(24,25)18-7-5-4-6-8-18)23-19(21-2)22-13-15-9-11-16(20)12-10-15/h4-12,17H,3,13-14H2,1-2H3,(H2,21,22,23). The fourth-order valence-electron chi connectivity index (χ4n) is 2.43. The fraction of sp³-hybridized carbons (Fsp3) is 0.316. The van der Waals surface area contributed by atoms with E-state index in [0.29, 0.717) is 23.8 Å². The summed E-state index contributed by atoms with van der Waals surface area (Å²) in [5, 5.41) is 6.26. The molecule has 0 bridgehead atoms. The Labute approximate surface area is 154 Å². The van der Waals surface area contributed by atoms with Crippen molar-refractivity contribution in [1.82, 2.24) is 10.6 Å². The summed E-state index contributed by atoms with van der Waals surface area (Å²) in [6.45, 7) is 2.38. The van der Waals surface area contributed by atoms with Gasteiger partial charge in [-0.1, -0.05) is 37.3 Å². The summed E-state index contributed by atoms with van der Waals surface area (Å²) in [6, 6.07) is 14.3. The van der Waals surface area contributed by atoms with Crippen LogP contribution in [0.5, 0.6) is 0 Å². The number of nitrogens with zero attached hydrogens (tertiary/aromatic N) is 1. The van der Waals surface area contributed by atoms with Crippen LogP contribution < -0.4 is 10.6 Å². The molecule has 0 aliphatic rings. The van der Waals surface area contributed by atoms with Crippen molar-refractivity contribution in [1.29, 1.82) is 0 Å². The minimum Gasteiger partial charge on any atom is -0.353 e. The molecule has 140 valence electrons. The second-order valence-electron chi connectivity index (χ2n) is 5.90. The van der Waals surface area contributed by atoms with E-state index in [9.17, 15) is 12.8 Å². The Morgan fingerprint density at radius 3 is 2.35 bits per heavy atom. The highest BCUT2D eigenvalue weighted by molar-refractivity contribution is 7.91. The van der Waals surface area contributed by atoms with Crippen LogP contribution in [0.25, 0.3) is 0 Å². The largest absolute Gasteiger partial charge is 0.353 e. The molecular formula is C19H24FN3O2S. The average molecular weight is 377 g/mol. The molecule has 0 aliphatic carbocycles. The molecule has 0 saturated carbocycles. The van der Waals surface area contributed by atoms with Crippen LogP contribution in [0.4, 0.5) is 4.39 Å². The summed E-state index contributed by atoms with van der Waals surface area (Å²) in [5.74, 6) is 0.197. The number of hydrogen-bond donors (Lipinski definition) is 2. The summed E-state index contributed by atoms with van der Waals surface area (Å²) in [7, 11) is -1.76. The molecule has 1 unspecified atom stereocenters. The Bertz CT molecular complexity index is 822. The molecule has 5 nitrogen and oxygen atoms in total. The molecule has 2 aromatic carbocycles. The van der Waals surface area contributed by atoms with Crippen LogP contribution in [0, 0.1) is 5.82 Å². The highest BCUT2D eigenvalue weighted by Gasteiger charge is 2.20. The van der Waals surface area contributed by atoms with Crippen molar-refractivity contribution in [3.63, 3.8) is 0 Å². The van der Waals surface area contributed by atoms with Crippen LogP contribution in [-0.4, -0.2) is 33.2 Å². The van der Waals surface area contributed by atoms with E-state index in [-0.39, 0.29) is 17.6 Å². The van der Waals surface area contributed by atoms with Gasteiger partial charge in [-0.3, -0.25) is 4.99 Å². The molecular weight excluding hydrogens is 353 g/mol. The Hall–Kier alpha value is -2.41. The molecule has 2 N–H and O–H groups in total. The number of aliphatic imine (C=N–C) groups is 1. The van der Waals surface area contributed by atoms with Gasteiger partial charge in [-0.25, -0.2) is 12.8 Å². The summed E-state index contributed by atoms with van der Waals surface area (Å²) >= 11 is 0. The topological polar surface area (TPSA) is 70.6 Å². The summed E-state index contributed by atoms with van der Waals surface area (Å²) in [4.78, 5) is 4.45. The minimum absolute atomic E-state index is 0.0231. The third-order valence-electron chi connectivity index (χ3n) is 3.95. The lowest BCUT2D eigenvalue weighted by molar-refractivity contribution is 0.568. The molecule has 2 aromatic rings. The first-order valence-electron chi connectivity index (χ1n) is 8.44. The lowest BCUT2D eigenvalue weighted by Gasteiger charge is -2.20. The van der Waals surface area contributed by atoms with Crippen LogP contribution in [0.1, 0.15) is 18.9 Å². The van der Waals surface area contributed by atoms with Crippen LogP contribution in [-0.2, 0) is 16.4 Å². The second kappa shape index (κ2) is 9.33. The molecule has 1 atom stereocenters. The van der Waals surface area contributed by atoms with Crippen molar-refractivity contribution in [2.75, 3.05) is 12.8 Å². The van der Waals surface area contributed by atoms with E-state index in [2.05, 4.69) is 15.6 Å². The van der Waals surface area contributed by atoms with Gasteiger partial charge in [-0.15, -0.1) is 0 Å². The highest BCUT2D eigenvalue weighted by atomic mass is 32.2. The zero-order valence-electron chi connectivity index (χ0n) is 14.9. The minimum atomic E-state index is -3.38. The molecule has 7 heteroatoms. The average Bonchev–Trinajstić information content (AvgIpc) is 2.66. The first kappa shape index (κ1) is 19.9. The predicted molar refractivity (Wildman–Crippen MR) is 102 cm³/mol. The van der Waals surface area contributed by atoms with Gasteiger partial charge in [0.1, 0.15) is 5.82 Å². The SMILES string of the molecule is CCC(CS(=O)(=O)c1ccccc1)NC(=NC)NCc1ccc(F)cc1. The van der Waals surface area contributed by atoms with E-state index in [0.717, 1.165) is 5.56 Å². The molecule has 0 spiro atoms. The first-order chi connectivity index (χ1) is 12.4. The van der Waals surface area contributed by atoms with Crippen LogP contribution in [0.2, 0.25) is 0 Å². The van der Waals surface area contributed by atoms with Crippen molar-refractivity contribution >= 4 is 15.8 Å². The van der Waals surface area contributed by atoms with Gasteiger partial charge >= 0.3 is 0 Å². The van der Waals surface area contributed by atoms with Crippen molar-refractivity contribution in [3.8, 4) is 0 Å². The number of rotatable bonds is 7. The van der Waals surface area contributed by atoms with Gasteiger partial charge in [0.15, 0.2) is 15.8 Å². The van der Waals surface area contributed by atoms with Crippen LogP contribution in [0.15, 0.2) is 64.5 Å². The molecule has 2 rings (SSSR count). The number of guanidine groups is 1. The normalized spacial score (nSPS) is 13.3. The Kier molecular flexibility index (Phi) is 7.15. The fourth-order valence-corrected chi connectivity index (χ4v) is 4.04. The Morgan fingerprint density at radius 2 is 1.77 bits per heavy atom. The predicted octanol–water partition coefficient (Wildman–Crippen LogP) is 2.74. The molecule has 0 fully saturated rings. The van der Waals surface area contributed by atoms with Gasteiger partial charge in [-0.05, 0) is 36.2 Å². The first-order valence-corrected chi connectivity index (χ1v) is 10.1. The maximum Gasteiger partial charge on any atom is 0.191 e.